The zero-order valence-electron chi connectivity index (χ0n) is 8.80. The molecule has 3 rings (SSSR count). The Bertz CT molecular complexity index is 659. The summed E-state index contributed by atoms with van der Waals surface area (Å²) in [5.74, 6) is 0.459. The number of aromatic nitrogens is 3. The van der Waals surface area contributed by atoms with Crippen LogP contribution in [-0.4, -0.2) is 14.5 Å². The fourth-order valence-electron chi connectivity index (χ4n) is 1.77. The van der Waals surface area contributed by atoms with Crippen LogP contribution in [0, 0.1) is 0 Å². The fourth-order valence-corrected chi connectivity index (χ4v) is 2.54. The van der Waals surface area contributed by atoms with Gasteiger partial charge in [-0.05, 0) is 12.1 Å². The highest BCUT2D eigenvalue weighted by atomic mass is 35.5. The van der Waals surface area contributed by atoms with E-state index in [1.165, 1.54) is 0 Å². The molecule has 2 aromatic heterocycles. The summed E-state index contributed by atoms with van der Waals surface area (Å²) in [5.41, 5.74) is 10.4. The highest BCUT2D eigenvalue weighted by Crippen LogP contribution is 2.25. The van der Waals surface area contributed by atoms with E-state index < -0.39 is 0 Å². The molecule has 0 radical (unpaired) electrons. The van der Waals surface area contributed by atoms with Crippen molar-refractivity contribution >= 4 is 39.9 Å². The zero-order valence-corrected chi connectivity index (χ0v) is 10.4. The van der Waals surface area contributed by atoms with Gasteiger partial charge in [0.2, 0.25) is 5.95 Å². The second kappa shape index (κ2) is 4.01. The lowest BCUT2D eigenvalue weighted by molar-refractivity contribution is 0.816. The van der Waals surface area contributed by atoms with Crippen LogP contribution in [0.3, 0.4) is 0 Å². The van der Waals surface area contributed by atoms with Crippen molar-refractivity contribution in [2.75, 3.05) is 5.73 Å². The number of rotatable bonds is 2. The molecule has 3 aromatic rings. The van der Waals surface area contributed by atoms with Crippen molar-refractivity contribution in [2.24, 2.45) is 0 Å². The summed E-state index contributed by atoms with van der Waals surface area (Å²) in [6.07, 6.45) is 0. The van der Waals surface area contributed by atoms with Gasteiger partial charge in [-0.3, -0.25) is 0 Å². The molecule has 17 heavy (non-hydrogen) atoms. The molecule has 4 nitrogen and oxygen atoms in total. The molecule has 0 atom stereocenters. The zero-order chi connectivity index (χ0) is 11.8. The van der Waals surface area contributed by atoms with Crippen LogP contribution in [-0.2, 0) is 6.54 Å². The summed E-state index contributed by atoms with van der Waals surface area (Å²) >= 11 is 7.64. The van der Waals surface area contributed by atoms with Crippen LogP contribution in [0.15, 0.2) is 29.1 Å². The van der Waals surface area contributed by atoms with Crippen molar-refractivity contribution in [3.05, 3.63) is 39.8 Å². The molecule has 2 N–H and O–H groups in total. The Morgan fingerprint density at radius 3 is 3.06 bits per heavy atom. The van der Waals surface area contributed by atoms with E-state index in [0.717, 1.165) is 16.7 Å². The quantitative estimate of drug-likeness (QED) is 0.774. The Morgan fingerprint density at radius 2 is 2.29 bits per heavy atom. The number of thiazole rings is 1. The van der Waals surface area contributed by atoms with Gasteiger partial charge < -0.3 is 10.3 Å². The number of benzene rings is 1. The molecule has 0 aliphatic heterocycles. The maximum Gasteiger partial charge on any atom is 0.201 e. The van der Waals surface area contributed by atoms with Crippen LogP contribution in [0.4, 0.5) is 5.95 Å². The van der Waals surface area contributed by atoms with E-state index in [-0.39, 0.29) is 0 Å². The molecule has 0 saturated carbocycles. The highest BCUT2D eigenvalue weighted by Gasteiger charge is 2.11. The molecular weight excluding hydrogens is 256 g/mol. The molecule has 86 valence electrons. The van der Waals surface area contributed by atoms with Gasteiger partial charge >= 0.3 is 0 Å². The lowest BCUT2D eigenvalue weighted by Gasteiger charge is -2.03. The number of hydrogen-bond donors (Lipinski definition) is 1. The first kappa shape index (κ1) is 10.6. The van der Waals surface area contributed by atoms with Gasteiger partial charge in [0.05, 0.1) is 28.3 Å². The Morgan fingerprint density at radius 1 is 1.41 bits per heavy atom. The van der Waals surface area contributed by atoms with Crippen molar-refractivity contribution in [2.45, 2.75) is 6.54 Å². The molecule has 0 saturated heterocycles. The van der Waals surface area contributed by atoms with Crippen molar-refractivity contribution in [3.63, 3.8) is 0 Å². The summed E-state index contributed by atoms with van der Waals surface area (Å²) < 4.78 is 1.91. The average Bonchev–Trinajstić information content (AvgIpc) is 2.91. The summed E-state index contributed by atoms with van der Waals surface area (Å²) in [6, 6.07) is 5.66. The third-order valence-corrected chi connectivity index (χ3v) is 3.50. The lowest BCUT2D eigenvalue weighted by atomic mass is 10.3. The van der Waals surface area contributed by atoms with E-state index in [9.17, 15) is 0 Å². The Labute approximate surface area is 107 Å². The minimum atomic E-state index is 0.459. The number of hydrogen-bond acceptors (Lipinski definition) is 4. The Hall–Kier alpha value is -1.59. The molecule has 2 heterocycles. The van der Waals surface area contributed by atoms with Crippen molar-refractivity contribution in [1.82, 2.24) is 14.5 Å². The molecule has 0 aliphatic rings. The normalized spacial score (nSPS) is 11.1. The van der Waals surface area contributed by atoms with Gasteiger partial charge in [0.25, 0.3) is 0 Å². The number of fused-ring (bicyclic) bond motifs is 1. The molecule has 0 fully saturated rings. The molecular formula is C11H9ClN4S. The first-order valence-electron chi connectivity index (χ1n) is 5.03. The van der Waals surface area contributed by atoms with Gasteiger partial charge in [-0.15, -0.1) is 11.3 Å². The molecule has 0 unspecified atom stereocenters. The monoisotopic (exact) mass is 264 g/mol. The molecule has 6 heteroatoms. The van der Waals surface area contributed by atoms with Crippen LogP contribution in [0.2, 0.25) is 5.02 Å². The molecule has 0 aliphatic carbocycles. The van der Waals surface area contributed by atoms with Crippen LogP contribution in [0.25, 0.3) is 11.0 Å². The second-order valence-electron chi connectivity index (χ2n) is 3.64. The SMILES string of the molecule is Nc1nc2c(Cl)cccc2n1Cc1cscn1. The number of anilines is 1. The average molecular weight is 265 g/mol. The van der Waals surface area contributed by atoms with Gasteiger partial charge in [0.1, 0.15) is 5.52 Å². The van der Waals surface area contributed by atoms with E-state index in [4.69, 9.17) is 17.3 Å². The number of para-hydroxylation sites is 1. The summed E-state index contributed by atoms with van der Waals surface area (Å²) in [6.45, 7) is 0.617. The number of nitrogens with zero attached hydrogens (tertiary/aromatic N) is 3. The summed E-state index contributed by atoms with van der Waals surface area (Å²) in [5, 5.41) is 2.61. The fraction of sp³-hybridized carbons (Fsp3) is 0.0909. The van der Waals surface area contributed by atoms with Gasteiger partial charge in [-0.25, -0.2) is 9.97 Å². The summed E-state index contributed by atoms with van der Waals surface area (Å²) in [4.78, 5) is 8.52. The maximum atomic E-state index is 6.08. The number of imidazole rings is 1. The van der Waals surface area contributed by atoms with E-state index in [1.807, 2.05) is 28.1 Å². The molecule has 1 aromatic carbocycles. The van der Waals surface area contributed by atoms with Crippen LogP contribution in [0.1, 0.15) is 5.69 Å². The van der Waals surface area contributed by atoms with Gasteiger partial charge in [-0.2, -0.15) is 0 Å². The van der Waals surface area contributed by atoms with E-state index in [1.54, 1.807) is 16.8 Å². The number of nitrogens with two attached hydrogens (primary N) is 1. The molecule has 0 bridgehead atoms. The second-order valence-corrected chi connectivity index (χ2v) is 4.77. The molecule has 0 amide bonds. The smallest absolute Gasteiger partial charge is 0.201 e. The van der Waals surface area contributed by atoms with Crippen molar-refractivity contribution < 1.29 is 0 Å². The van der Waals surface area contributed by atoms with Crippen molar-refractivity contribution in [1.29, 1.82) is 0 Å². The molecule has 0 spiro atoms. The van der Waals surface area contributed by atoms with E-state index in [0.29, 0.717) is 17.5 Å². The Balaban J connectivity index is 2.16. The Kier molecular flexibility index (Phi) is 2.49. The highest BCUT2D eigenvalue weighted by molar-refractivity contribution is 7.07. The topological polar surface area (TPSA) is 56.7 Å². The van der Waals surface area contributed by atoms with Gasteiger partial charge in [0, 0.05) is 5.38 Å². The third kappa shape index (κ3) is 1.77. The first-order valence-corrected chi connectivity index (χ1v) is 6.35. The number of nitrogen functional groups attached to an aromatic ring is 1. The van der Waals surface area contributed by atoms with Gasteiger partial charge in [-0.1, -0.05) is 17.7 Å². The predicted molar refractivity (Wildman–Crippen MR) is 70.4 cm³/mol. The largest absolute Gasteiger partial charge is 0.369 e. The van der Waals surface area contributed by atoms with Gasteiger partial charge in [0.15, 0.2) is 0 Å². The third-order valence-electron chi connectivity index (χ3n) is 2.56. The van der Waals surface area contributed by atoms with Crippen LogP contribution < -0.4 is 5.73 Å². The minimum absolute atomic E-state index is 0.459. The van der Waals surface area contributed by atoms with E-state index >= 15 is 0 Å². The summed E-state index contributed by atoms with van der Waals surface area (Å²) in [7, 11) is 0. The lowest BCUT2D eigenvalue weighted by Crippen LogP contribution is -2.04. The van der Waals surface area contributed by atoms with E-state index in [2.05, 4.69) is 9.97 Å². The van der Waals surface area contributed by atoms with Crippen LogP contribution >= 0.6 is 22.9 Å². The standard InChI is InChI=1S/C11H9ClN4S/c12-8-2-1-3-9-10(8)15-11(13)16(9)4-7-5-17-6-14-7/h1-3,5-6H,4H2,(H2,13,15). The minimum Gasteiger partial charge on any atom is -0.369 e. The predicted octanol–water partition coefficient (Wildman–Crippen LogP) is 2.78. The maximum absolute atomic E-state index is 6.08. The van der Waals surface area contributed by atoms with Crippen molar-refractivity contribution in [3.8, 4) is 0 Å². The number of halogens is 1. The first-order chi connectivity index (χ1) is 8.25. The van der Waals surface area contributed by atoms with Crippen LogP contribution in [0.5, 0.6) is 0 Å².